The van der Waals surface area contributed by atoms with Crippen molar-refractivity contribution in [1.82, 2.24) is 14.7 Å². The minimum Gasteiger partial charge on any atom is -0.352 e. The highest BCUT2D eigenvalue weighted by molar-refractivity contribution is 7.05. The third kappa shape index (κ3) is 1.79. The topological polar surface area (TPSA) is 54.9 Å². The van der Waals surface area contributed by atoms with Crippen LogP contribution in [0.5, 0.6) is 0 Å². The standard InChI is InChI=1S/C7H11N3OS/c1-4(2)7-9-5(10-12-7)6(11)8-3/h4H,1-3H3,(H,8,11). The third-order valence-electron chi connectivity index (χ3n) is 1.37. The van der Waals surface area contributed by atoms with Crippen LogP contribution >= 0.6 is 11.5 Å². The highest BCUT2D eigenvalue weighted by atomic mass is 32.1. The molecule has 1 rings (SSSR count). The Bertz CT molecular complexity index is 282. The van der Waals surface area contributed by atoms with Gasteiger partial charge in [0.25, 0.3) is 5.91 Å². The molecule has 0 aliphatic carbocycles. The summed E-state index contributed by atoms with van der Waals surface area (Å²) in [4.78, 5) is 15.1. The first-order valence-electron chi connectivity index (χ1n) is 3.71. The van der Waals surface area contributed by atoms with E-state index in [0.29, 0.717) is 5.92 Å². The number of carbonyl (C=O) groups is 1. The van der Waals surface area contributed by atoms with Crippen molar-refractivity contribution in [2.24, 2.45) is 0 Å². The number of hydrogen-bond acceptors (Lipinski definition) is 4. The molecule has 12 heavy (non-hydrogen) atoms. The Morgan fingerprint density at radius 2 is 2.25 bits per heavy atom. The Labute approximate surface area is 75.2 Å². The van der Waals surface area contributed by atoms with Gasteiger partial charge in [-0.25, -0.2) is 4.98 Å². The molecule has 0 radical (unpaired) electrons. The molecule has 1 amide bonds. The fourth-order valence-electron chi connectivity index (χ4n) is 0.674. The van der Waals surface area contributed by atoms with E-state index in [1.165, 1.54) is 11.5 Å². The number of nitrogens with one attached hydrogen (secondary N) is 1. The smallest absolute Gasteiger partial charge is 0.289 e. The second-order valence-corrected chi connectivity index (χ2v) is 3.47. The molecule has 0 fully saturated rings. The minimum atomic E-state index is -0.224. The summed E-state index contributed by atoms with van der Waals surface area (Å²) in [6.07, 6.45) is 0. The van der Waals surface area contributed by atoms with Crippen LogP contribution in [0, 0.1) is 0 Å². The van der Waals surface area contributed by atoms with Crippen molar-refractivity contribution in [1.29, 1.82) is 0 Å². The molecule has 0 atom stereocenters. The molecule has 4 nitrogen and oxygen atoms in total. The maximum Gasteiger partial charge on any atom is 0.289 e. The van der Waals surface area contributed by atoms with Crippen LogP contribution < -0.4 is 5.32 Å². The first kappa shape index (κ1) is 9.12. The number of rotatable bonds is 2. The first-order chi connectivity index (χ1) is 5.65. The number of hydrogen-bond donors (Lipinski definition) is 1. The van der Waals surface area contributed by atoms with Gasteiger partial charge in [0.1, 0.15) is 5.01 Å². The van der Waals surface area contributed by atoms with Crippen molar-refractivity contribution in [3.05, 3.63) is 10.8 Å². The lowest BCUT2D eigenvalue weighted by Gasteiger charge is -1.94. The average molecular weight is 185 g/mol. The fourth-order valence-corrected chi connectivity index (χ4v) is 1.32. The summed E-state index contributed by atoms with van der Waals surface area (Å²) in [6.45, 7) is 4.04. The van der Waals surface area contributed by atoms with Gasteiger partial charge in [0.2, 0.25) is 5.82 Å². The van der Waals surface area contributed by atoms with Crippen LogP contribution in [0.4, 0.5) is 0 Å². The molecule has 0 saturated heterocycles. The van der Waals surface area contributed by atoms with Gasteiger partial charge in [-0.15, -0.1) is 0 Å². The Hall–Kier alpha value is -0.970. The molecule has 66 valence electrons. The average Bonchev–Trinajstić information content (AvgIpc) is 2.51. The number of amides is 1. The van der Waals surface area contributed by atoms with Crippen molar-refractivity contribution in [2.45, 2.75) is 19.8 Å². The Morgan fingerprint density at radius 3 is 2.67 bits per heavy atom. The molecule has 1 N–H and O–H groups in total. The molecule has 0 aromatic carbocycles. The van der Waals surface area contributed by atoms with Crippen molar-refractivity contribution < 1.29 is 4.79 Å². The van der Waals surface area contributed by atoms with Gasteiger partial charge in [-0.3, -0.25) is 4.79 Å². The number of carbonyl (C=O) groups excluding carboxylic acids is 1. The van der Waals surface area contributed by atoms with Gasteiger partial charge < -0.3 is 5.32 Å². The Kier molecular flexibility index (Phi) is 2.75. The van der Waals surface area contributed by atoms with Crippen LogP contribution in [0.25, 0.3) is 0 Å². The van der Waals surface area contributed by atoms with Gasteiger partial charge in [0.15, 0.2) is 0 Å². The zero-order valence-electron chi connectivity index (χ0n) is 7.29. The normalized spacial score (nSPS) is 10.3. The molecule has 0 saturated carbocycles. The molecule has 5 heteroatoms. The lowest BCUT2D eigenvalue weighted by Crippen LogP contribution is -2.19. The third-order valence-corrected chi connectivity index (χ3v) is 2.38. The second kappa shape index (κ2) is 3.62. The molecule has 1 aromatic rings. The molecular weight excluding hydrogens is 174 g/mol. The maximum absolute atomic E-state index is 11.0. The number of aromatic nitrogens is 2. The van der Waals surface area contributed by atoms with Crippen LogP contribution in [-0.2, 0) is 0 Å². The summed E-state index contributed by atoms with van der Waals surface area (Å²) in [5.41, 5.74) is 0. The summed E-state index contributed by atoms with van der Waals surface area (Å²) in [7, 11) is 1.57. The zero-order chi connectivity index (χ0) is 9.14. The van der Waals surface area contributed by atoms with Gasteiger partial charge in [-0.2, -0.15) is 4.37 Å². The Morgan fingerprint density at radius 1 is 1.58 bits per heavy atom. The van der Waals surface area contributed by atoms with Gasteiger partial charge in [-0.1, -0.05) is 13.8 Å². The quantitative estimate of drug-likeness (QED) is 0.748. The van der Waals surface area contributed by atoms with Crippen molar-refractivity contribution in [2.75, 3.05) is 7.05 Å². The summed E-state index contributed by atoms with van der Waals surface area (Å²) >= 11 is 1.28. The van der Waals surface area contributed by atoms with Crippen molar-refractivity contribution >= 4 is 17.4 Å². The molecule has 0 unspecified atom stereocenters. The van der Waals surface area contributed by atoms with E-state index < -0.39 is 0 Å². The van der Waals surface area contributed by atoms with Crippen molar-refractivity contribution in [3.63, 3.8) is 0 Å². The van der Waals surface area contributed by atoms with E-state index >= 15 is 0 Å². The van der Waals surface area contributed by atoms with E-state index in [1.54, 1.807) is 7.05 Å². The predicted molar refractivity (Wildman–Crippen MR) is 47.4 cm³/mol. The van der Waals surface area contributed by atoms with E-state index in [9.17, 15) is 4.79 Å². The molecule has 1 heterocycles. The first-order valence-corrected chi connectivity index (χ1v) is 4.48. The summed E-state index contributed by atoms with van der Waals surface area (Å²) < 4.78 is 3.93. The van der Waals surface area contributed by atoms with Crippen LogP contribution in [0.3, 0.4) is 0 Å². The zero-order valence-corrected chi connectivity index (χ0v) is 8.10. The van der Waals surface area contributed by atoms with E-state index in [-0.39, 0.29) is 11.7 Å². The highest BCUT2D eigenvalue weighted by Gasteiger charge is 2.12. The SMILES string of the molecule is CNC(=O)c1nsc(C(C)C)n1. The van der Waals surface area contributed by atoms with Gasteiger partial charge >= 0.3 is 0 Å². The lowest BCUT2D eigenvalue weighted by molar-refractivity contribution is 0.0954. The highest BCUT2D eigenvalue weighted by Crippen LogP contribution is 2.15. The molecular formula is C7H11N3OS. The van der Waals surface area contributed by atoms with Crippen LogP contribution in [-0.4, -0.2) is 22.3 Å². The van der Waals surface area contributed by atoms with Crippen molar-refractivity contribution in [3.8, 4) is 0 Å². The van der Waals surface area contributed by atoms with Crippen LogP contribution in [0.1, 0.15) is 35.4 Å². The van der Waals surface area contributed by atoms with E-state index in [1.807, 2.05) is 13.8 Å². The van der Waals surface area contributed by atoms with Crippen LogP contribution in [0.15, 0.2) is 0 Å². The minimum absolute atomic E-state index is 0.224. The monoisotopic (exact) mass is 185 g/mol. The second-order valence-electron chi connectivity index (χ2n) is 2.69. The van der Waals surface area contributed by atoms with Crippen LogP contribution in [0.2, 0.25) is 0 Å². The van der Waals surface area contributed by atoms with Gasteiger partial charge in [-0.05, 0) is 11.5 Å². The number of nitrogens with zero attached hydrogens (tertiary/aromatic N) is 2. The Balaban J connectivity index is 2.84. The summed E-state index contributed by atoms with van der Waals surface area (Å²) in [5, 5.41) is 3.37. The van der Waals surface area contributed by atoms with E-state index in [4.69, 9.17) is 0 Å². The lowest BCUT2D eigenvalue weighted by atomic mass is 10.2. The molecule has 0 bridgehead atoms. The largest absolute Gasteiger partial charge is 0.352 e. The van der Waals surface area contributed by atoms with Gasteiger partial charge in [0, 0.05) is 13.0 Å². The van der Waals surface area contributed by atoms with E-state index in [2.05, 4.69) is 14.7 Å². The molecule has 0 aliphatic rings. The molecule has 0 spiro atoms. The summed E-state index contributed by atoms with van der Waals surface area (Å²) in [5.74, 6) is 0.380. The fraction of sp³-hybridized carbons (Fsp3) is 0.571. The molecule has 0 aliphatic heterocycles. The summed E-state index contributed by atoms with van der Waals surface area (Å²) in [6, 6.07) is 0. The van der Waals surface area contributed by atoms with E-state index in [0.717, 1.165) is 5.01 Å². The van der Waals surface area contributed by atoms with Gasteiger partial charge in [0.05, 0.1) is 0 Å². The molecule has 1 aromatic heterocycles. The maximum atomic E-state index is 11.0. The predicted octanol–water partition coefficient (Wildman–Crippen LogP) is 1.02.